The van der Waals surface area contributed by atoms with Crippen molar-refractivity contribution < 1.29 is 0 Å². The molecule has 0 aliphatic rings. The van der Waals surface area contributed by atoms with Crippen LogP contribution in [0, 0.1) is 11.8 Å². The molecule has 1 aromatic rings. The first-order chi connectivity index (χ1) is 13.0. The number of benzene rings is 1. The average Bonchev–Trinajstić information content (AvgIpc) is 2.65. The molecule has 0 amide bonds. The Hall–Kier alpha value is -0.941. The minimum atomic E-state index is -2.03. The van der Waals surface area contributed by atoms with E-state index >= 15 is 0 Å². The van der Waals surface area contributed by atoms with Gasteiger partial charge in [0.05, 0.1) is 0 Å². The van der Waals surface area contributed by atoms with Crippen molar-refractivity contribution in [1.29, 1.82) is 0 Å². The molecule has 0 heterocycles. The van der Waals surface area contributed by atoms with Crippen LogP contribution >= 0.6 is 0 Å². The molecular formula is C26H40Sn. The Morgan fingerprint density at radius 2 is 1.59 bits per heavy atom. The first kappa shape index (κ1) is 24.1. The van der Waals surface area contributed by atoms with E-state index in [1.807, 2.05) is 0 Å². The van der Waals surface area contributed by atoms with Crippen molar-refractivity contribution in [2.75, 3.05) is 0 Å². The second-order valence-corrected chi connectivity index (χ2v) is 23.2. The van der Waals surface area contributed by atoms with E-state index < -0.39 is 18.4 Å². The molecule has 0 bridgehead atoms. The summed E-state index contributed by atoms with van der Waals surface area (Å²) in [5.74, 6) is 6.87. The Morgan fingerprint density at radius 1 is 0.889 bits per heavy atom. The van der Waals surface area contributed by atoms with E-state index in [4.69, 9.17) is 0 Å². The van der Waals surface area contributed by atoms with Gasteiger partial charge in [-0.3, -0.25) is 0 Å². The Balaban J connectivity index is 2.91. The van der Waals surface area contributed by atoms with Crippen molar-refractivity contribution in [3.8, 4) is 11.8 Å². The van der Waals surface area contributed by atoms with Crippen LogP contribution in [0.5, 0.6) is 0 Å². The summed E-state index contributed by atoms with van der Waals surface area (Å²) < 4.78 is 1.75. The Labute approximate surface area is 173 Å². The molecule has 0 aromatic heterocycles. The second kappa shape index (κ2) is 14.1. The Kier molecular flexibility index (Phi) is 12.6. The molecule has 1 heteroatoms. The van der Waals surface area contributed by atoms with E-state index in [2.05, 4.69) is 83.0 Å². The zero-order valence-corrected chi connectivity index (χ0v) is 21.3. The third-order valence-electron chi connectivity index (χ3n) is 4.92. The van der Waals surface area contributed by atoms with Crippen LogP contribution in [0.15, 0.2) is 51.6 Å². The molecule has 27 heavy (non-hydrogen) atoms. The number of allylic oxidation sites excluding steroid dienone is 4. The van der Waals surface area contributed by atoms with E-state index in [1.54, 1.807) is 3.59 Å². The van der Waals surface area contributed by atoms with E-state index in [1.165, 1.54) is 50.5 Å². The minimum absolute atomic E-state index is 1.12. The van der Waals surface area contributed by atoms with Gasteiger partial charge in [-0.1, -0.05) is 0 Å². The molecule has 1 rings (SSSR count). The van der Waals surface area contributed by atoms with Gasteiger partial charge in [0.1, 0.15) is 0 Å². The van der Waals surface area contributed by atoms with Crippen molar-refractivity contribution in [2.45, 2.75) is 86.5 Å². The zero-order chi connectivity index (χ0) is 20.0. The molecule has 0 aliphatic heterocycles. The molecule has 0 N–H and O–H groups in total. The maximum absolute atomic E-state index is 3.49. The van der Waals surface area contributed by atoms with Crippen LogP contribution in [0.2, 0.25) is 14.8 Å². The van der Waals surface area contributed by atoms with Crippen LogP contribution in [-0.2, 0) is 0 Å². The Bertz CT molecular complexity index is 632. The SMILES string of the molecule is CCCC/C=[C](/C/C=C(\C#Cc1ccccc1)CCCCCC)[Sn]([CH3])([CH3])[CH3]. The monoisotopic (exact) mass is 472 g/mol. The van der Waals surface area contributed by atoms with Gasteiger partial charge in [-0.05, 0) is 0 Å². The van der Waals surface area contributed by atoms with Gasteiger partial charge in [0.15, 0.2) is 0 Å². The predicted octanol–water partition coefficient (Wildman–Crippen LogP) is 8.32. The van der Waals surface area contributed by atoms with E-state index in [-0.39, 0.29) is 0 Å². The first-order valence-corrected chi connectivity index (χ1v) is 20.9. The summed E-state index contributed by atoms with van der Waals surface area (Å²) in [6.45, 7) is 4.55. The molecule has 148 valence electrons. The fraction of sp³-hybridized carbons (Fsp3) is 0.538. The number of hydrogen-bond acceptors (Lipinski definition) is 0. The van der Waals surface area contributed by atoms with Gasteiger partial charge in [-0.25, -0.2) is 0 Å². The van der Waals surface area contributed by atoms with Crippen molar-refractivity contribution in [3.05, 3.63) is 57.2 Å². The summed E-state index contributed by atoms with van der Waals surface area (Å²) in [5.41, 5.74) is 2.46. The summed E-state index contributed by atoms with van der Waals surface area (Å²) in [4.78, 5) is 7.62. The van der Waals surface area contributed by atoms with E-state index in [9.17, 15) is 0 Å². The molecule has 0 aliphatic carbocycles. The van der Waals surface area contributed by atoms with Gasteiger partial charge in [-0.15, -0.1) is 0 Å². The molecule has 0 saturated carbocycles. The summed E-state index contributed by atoms with van der Waals surface area (Å²) in [5, 5.41) is 0. The zero-order valence-electron chi connectivity index (χ0n) is 18.4. The van der Waals surface area contributed by atoms with Gasteiger partial charge in [0, 0.05) is 0 Å². The van der Waals surface area contributed by atoms with Crippen molar-refractivity contribution >= 4 is 18.4 Å². The quantitative estimate of drug-likeness (QED) is 0.173. The van der Waals surface area contributed by atoms with Gasteiger partial charge in [0.2, 0.25) is 0 Å². The molecule has 0 radical (unpaired) electrons. The molecule has 1 aromatic carbocycles. The molecule has 0 unspecified atom stereocenters. The van der Waals surface area contributed by atoms with Crippen LogP contribution < -0.4 is 0 Å². The standard InChI is InChI=1S/C23H31.3CH3.Sn/c1-3-5-7-9-10-13-17-22(16-12-8-6-4-2)20-21-23-18-14-11-15-19-23;;;;/h9,11,14-15,17-19H,3-8,12-13,16H2,1-2H3;3*1H3;/b10-9?,22-17-;;;;. The number of unbranched alkanes of at least 4 members (excludes halogenated alkanes) is 5. The van der Waals surface area contributed by atoms with Crippen molar-refractivity contribution in [3.63, 3.8) is 0 Å². The third-order valence-corrected chi connectivity index (χ3v) is 11.6. The number of rotatable bonds is 11. The number of hydrogen-bond donors (Lipinski definition) is 0. The summed E-state index contributed by atoms with van der Waals surface area (Å²) in [6, 6.07) is 10.4. The first-order valence-electron chi connectivity index (χ1n) is 10.9. The van der Waals surface area contributed by atoms with Crippen LogP contribution in [-0.4, -0.2) is 18.4 Å². The maximum atomic E-state index is 3.49. The molecule has 0 nitrogen and oxygen atoms in total. The normalized spacial score (nSPS) is 12.6. The molecular weight excluding hydrogens is 431 g/mol. The topological polar surface area (TPSA) is 0 Å². The molecule has 0 atom stereocenters. The van der Waals surface area contributed by atoms with Gasteiger partial charge >= 0.3 is 174 Å². The fourth-order valence-electron chi connectivity index (χ4n) is 3.04. The van der Waals surface area contributed by atoms with Crippen molar-refractivity contribution in [2.24, 2.45) is 0 Å². The second-order valence-electron chi connectivity index (χ2n) is 8.48. The summed E-state index contributed by atoms with van der Waals surface area (Å²) >= 11 is -2.03. The molecule has 0 fully saturated rings. The van der Waals surface area contributed by atoms with Crippen LogP contribution in [0.3, 0.4) is 0 Å². The third kappa shape index (κ3) is 11.5. The average molecular weight is 471 g/mol. The fourth-order valence-corrected chi connectivity index (χ4v) is 7.24. The van der Waals surface area contributed by atoms with E-state index in [0.717, 1.165) is 18.4 Å². The van der Waals surface area contributed by atoms with Gasteiger partial charge < -0.3 is 0 Å². The van der Waals surface area contributed by atoms with Crippen LogP contribution in [0.1, 0.15) is 77.2 Å². The molecule has 0 saturated heterocycles. The van der Waals surface area contributed by atoms with Gasteiger partial charge in [-0.2, -0.15) is 0 Å². The Morgan fingerprint density at radius 3 is 2.22 bits per heavy atom. The van der Waals surface area contributed by atoms with Crippen LogP contribution in [0.25, 0.3) is 0 Å². The van der Waals surface area contributed by atoms with E-state index in [0.29, 0.717) is 0 Å². The van der Waals surface area contributed by atoms with Crippen molar-refractivity contribution in [1.82, 2.24) is 0 Å². The summed E-state index contributed by atoms with van der Waals surface area (Å²) in [6.07, 6.45) is 16.3. The summed E-state index contributed by atoms with van der Waals surface area (Å²) in [7, 11) is 0. The molecule has 0 spiro atoms. The predicted molar refractivity (Wildman–Crippen MR) is 126 cm³/mol. The van der Waals surface area contributed by atoms with Gasteiger partial charge in [0.25, 0.3) is 0 Å². The van der Waals surface area contributed by atoms with Crippen LogP contribution in [0.4, 0.5) is 0 Å².